The lowest BCUT2D eigenvalue weighted by atomic mass is 9.97. The minimum Gasteiger partial charge on any atom is -0.303 e. The molecule has 0 aliphatic carbocycles. The van der Waals surface area contributed by atoms with E-state index in [0.717, 1.165) is 29.1 Å². The van der Waals surface area contributed by atoms with Gasteiger partial charge in [-0.25, -0.2) is 4.98 Å². The van der Waals surface area contributed by atoms with E-state index >= 15 is 0 Å². The van der Waals surface area contributed by atoms with E-state index in [0.29, 0.717) is 23.0 Å². The zero-order chi connectivity index (χ0) is 20.3. The quantitative estimate of drug-likeness (QED) is 0.545. The lowest BCUT2D eigenvalue weighted by Crippen LogP contribution is -2.27. The van der Waals surface area contributed by atoms with Crippen molar-refractivity contribution in [2.75, 3.05) is 0 Å². The standard InChI is InChI=1S/C21H22F3N3S/c1-13(2)18(19-14(3)5-4-10-25-19)26-11-17-12-28-20(27-17)15-6-8-16(9-7-15)21(22,23)24/h4-10,12-13,18,26H,11H2,1-3H3. The van der Waals surface area contributed by atoms with Gasteiger partial charge in [-0.1, -0.05) is 32.0 Å². The Labute approximate surface area is 166 Å². The molecule has 28 heavy (non-hydrogen) atoms. The van der Waals surface area contributed by atoms with Crippen LogP contribution in [0, 0.1) is 12.8 Å². The van der Waals surface area contributed by atoms with Gasteiger partial charge in [0, 0.05) is 23.7 Å². The molecule has 0 bridgehead atoms. The first-order chi connectivity index (χ1) is 13.3. The van der Waals surface area contributed by atoms with E-state index in [1.54, 1.807) is 6.20 Å². The number of rotatable bonds is 6. The van der Waals surface area contributed by atoms with Crippen molar-refractivity contribution in [3.63, 3.8) is 0 Å². The zero-order valence-electron chi connectivity index (χ0n) is 15.9. The van der Waals surface area contributed by atoms with Crippen molar-refractivity contribution in [3.05, 3.63) is 70.5 Å². The summed E-state index contributed by atoms with van der Waals surface area (Å²) in [6.45, 7) is 6.89. The van der Waals surface area contributed by atoms with E-state index in [1.165, 1.54) is 23.5 Å². The largest absolute Gasteiger partial charge is 0.416 e. The normalized spacial score (nSPS) is 13.1. The number of hydrogen-bond acceptors (Lipinski definition) is 4. The van der Waals surface area contributed by atoms with Crippen molar-refractivity contribution in [3.8, 4) is 10.6 Å². The molecular formula is C21H22F3N3S. The van der Waals surface area contributed by atoms with Gasteiger partial charge in [0.1, 0.15) is 5.01 Å². The van der Waals surface area contributed by atoms with Crippen LogP contribution in [0.1, 0.15) is 42.4 Å². The molecule has 148 valence electrons. The van der Waals surface area contributed by atoms with Crippen molar-refractivity contribution in [2.45, 2.75) is 39.5 Å². The molecule has 3 nitrogen and oxygen atoms in total. The molecule has 0 amide bonds. The molecule has 0 spiro atoms. The van der Waals surface area contributed by atoms with Gasteiger partial charge in [-0.2, -0.15) is 13.2 Å². The maximum absolute atomic E-state index is 12.7. The minimum absolute atomic E-state index is 0.0948. The highest BCUT2D eigenvalue weighted by molar-refractivity contribution is 7.13. The highest BCUT2D eigenvalue weighted by Crippen LogP contribution is 2.32. The molecule has 0 fully saturated rings. The van der Waals surface area contributed by atoms with Crippen LogP contribution in [0.2, 0.25) is 0 Å². The minimum atomic E-state index is -4.33. The van der Waals surface area contributed by atoms with Crippen LogP contribution in [-0.2, 0) is 12.7 Å². The molecule has 0 saturated carbocycles. The Hall–Kier alpha value is -2.25. The number of aromatic nitrogens is 2. The highest BCUT2D eigenvalue weighted by atomic mass is 32.1. The third-order valence-electron chi connectivity index (χ3n) is 4.53. The van der Waals surface area contributed by atoms with Crippen molar-refractivity contribution >= 4 is 11.3 Å². The summed E-state index contributed by atoms with van der Waals surface area (Å²) in [5.41, 5.74) is 3.05. The van der Waals surface area contributed by atoms with Crippen molar-refractivity contribution in [2.24, 2.45) is 5.92 Å². The number of nitrogens with zero attached hydrogens (tertiary/aromatic N) is 2. The average molecular weight is 405 g/mol. The molecule has 1 N–H and O–H groups in total. The molecular weight excluding hydrogens is 383 g/mol. The van der Waals surface area contributed by atoms with Gasteiger partial charge >= 0.3 is 6.18 Å². The molecule has 3 rings (SSSR count). The number of hydrogen-bond donors (Lipinski definition) is 1. The Morgan fingerprint density at radius 1 is 1.11 bits per heavy atom. The lowest BCUT2D eigenvalue weighted by Gasteiger charge is -2.23. The molecule has 0 aliphatic rings. The number of nitrogens with one attached hydrogen (secondary N) is 1. The summed E-state index contributed by atoms with van der Waals surface area (Å²) in [5, 5.41) is 6.16. The maximum atomic E-state index is 12.7. The van der Waals surface area contributed by atoms with Crippen LogP contribution in [-0.4, -0.2) is 9.97 Å². The van der Waals surface area contributed by atoms with E-state index in [1.807, 2.05) is 24.4 Å². The van der Waals surface area contributed by atoms with Crippen LogP contribution in [0.5, 0.6) is 0 Å². The Bertz CT molecular complexity index is 917. The first kappa shape index (κ1) is 20.5. The van der Waals surface area contributed by atoms with Crippen LogP contribution >= 0.6 is 11.3 Å². The topological polar surface area (TPSA) is 37.8 Å². The van der Waals surface area contributed by atoms with Gasteiger partial charge in [0.15, 0.2) is 0 Å². The zero-order valence-corrected chi connectivity index (χ0v) is 16.7. The number of alkyl halides is 3. The smallest absolute Gasteiger partial charge is 0.303 e. The Morgan fingerprint density at radius 3 is 2.43 bits per heavy atom. The monoisotopic (exact) mass is 405 g/mol. The average Bonchev–Trinajstić information content (AvgIpc) is 3.11. The van der Waals surface area contributed by atoms with Gasteiger partial charge in [-0.3, -0.25) is 4.98 Å². The number of halogens is 3. The van der Waals surface area contributed by atoms with Crippen molar-refractivity contribution < 1.29 is 13.2 Å². The number of thiazole rings is 1. The molecule has 1 unspecified atom stereocenters. The number of pyridine rings is 1. The fourth-order valence-corrected chi connectivity index (χ4v) is 3.83. The lowest BCUT2D eigenvalue weighted by molar-refractivity contribution is -0.137. The first-order valence-electron chi connectivity index (χ1n) is 9.02. The summed E-state index contributed by atoms with van der Waals surface area (Å²) in [6.07, 6.45) is -2.53. The molecule has 1 atom stereocenters. The summed E-state index contributed by atoms with van der Waals surface area (Å²) >= 11 is 1.43. The van der Waals surface area contributed by atoms with E-state index in [4.69, 9.17) is 0 Å². The van der Waals surface area contributed by atoms with E-state index < -0.39 is 11.7 Å². The van der Waals surface area contributed by atoms with E-state index in [2.05, 4.69) is 29.1 Å². The SMILES string of the molecule is Cc1cccnc1C(NCc1csc(-c2ccc(C(F)(F)F)cc2)n1)C(C)C. The molecule has 0 saturated heterocycles. The highest BCUT2D eigenvalue weighted by Gasteiger charge is 2.30. The van der Waals surface area contributed by atoms with Gasteiger partial charge in [0.25, 0.3) is 0 Å². The summed E-state index contributed by atoms with van der Waals surface area (Å²) in [6, 6.07) is 9.18. The summed E-state index contributed by atoms with van der Waals surface area (Å²) in [5.74, 6) is 0.349. The number of benzene rings is 1. The fourth-order valence-electron chi connectivity index (χ4n) is 3.01. The molecule has 2 heterocycles. The molecule has 1 aromatic carbocycles. The Morgan fingerprint density at radius 2 is 1.82 bits per heavy atom. The predicted octanol–water partition coefficient (Wildman–Crippen LogP) is 6.02. The van der Waals surface area contributed by atoms with Gasteiger partial charge in [0.2, 0.25) is 0 Å². The summed E-state index contributed by atoms with van der Waals surface area (Å²) < 4.78 is 38.1. The number of aryl methyl sites for hydroxylation is 1. The fraction of sp³-hybridized carbons (Fsp3) is 0.333. The first-order valence-corrected chi connectivity index (χ1v) is 9.90. The Balaban J connectivity index is 1.71. The van der Waals surface area contributed by atoms with Crippen LogP contribution in [0.4, 0.5) is 13.2 Å². The van der Waals surface area contributed by atoms with Crippen molar-refractivity contribution in [1.29, 1.82) is 0 Å². The second-order valence-electron chi connectivity index (χ2n) is 7.03. The van der Waals surface area contributed by atoms with E-state index in [9.17, 15) is 13.2 Å². The molecule has 0 aliphatic heterocycles. The Kier molecular flexibility index (Phi) is 6.15. The second kappa shape index (κ2) is 8.41. The second-order valence-corrected chi connectivity index (χ2v) is 7.89. The van der Waals surface area contributed by atoms with Crippen LogP contribution in [0.3, 0.4) is 0 Å². The summed E-state index contributed by atoms with van der Waals surface area (Å²) in [4.78, 5) is 9.09. The summed E-state index contributed by atoms with van der Waals surface area (Å²) in [7, 11) is 0. The molecule has 2 aromatic heterocycles. The predicted molar refractivity (Wildman–Crippen MR) is 106 cm³/mol. The van der Waals surface area contributed by atoms with Crippen molar-refractivity contribution in [1.82, 2.24) is 15.3 Å². The maximum Gasteiger partial charge on any atom is 0.416 e. The van der Waals surface area contributed by atoms with Gasteiger partial charge in [-0.05, 0) is 36.6 Å². The van der Waals surface area contributed by atoms with Gasteiger partial charge < -0.3 is 5.32 Å². The van der Waals surface area contributed by atoms with Gasteiger partial charge in [-0.15, -0.1) is 11.3 Å². The molecule has 0 radical (unpaired) electrons. The molecule has 7 heteroatoms. The van der Waals surface area contributed by atoms with E-state index in [-0.39, 0.29) is 6.04 Å². The van der Waals surface area contributed by atoms with Gasteiger partial charge in [0.05, 0.1) is 23.0 Å². The third kappa shape index (κ3) is 4.77. The molecule has 3 aromatic rings. The third-order valence-corrected chi connectivity index (χ3v) is 5.47. The van der Waals surface area contributed by atoms with Crippen LogP contribution < -0.4 is 5.32 Å². The van der Waals surface area contributed by atoms with Crippen LogP contribution in [0.25, 0.3) is 10.6 Å². The van der Waals surface area contributed by atoms with Crippen LogP contribution in [0.15, 0.2) is 48.0 Å².